The van der Waals surface area contributed by atoms with Gasteiger partial charge in [-0.05, 0) is 50.3 Å². The van der Waals surface area contributed by atoms with Crippen LogP contribution in [0, 0.1) is 13.8 Å². The normalized spacial score (nSPS) is 14.1. The van der Waals surface area contributed by atoms with E-state index in [-0.39, 0.29) is 12.1 Å². The lowest BCUT2D eigenvalue weighted by Crippen LogP contribution is -2.21. The van der Waals surface area contributed by atoms with Crippen molar-refractivity contribution in [3.05, 3.63) is 28.8 Å². The Hall–Kier alpha value is -1.06. The van der Waals surface area contributed by atoms with Gasteiger partial charge in [-0.3, -0.25) is 0 Å². The summed E-state index contributed by atoms with van der Waals surface area (Å²) in [6.07, 6.45) is 3.00. The van der Waals surface area contributed by atoms with Gasteiger partial charge in [-0.15, -0.1) is 0 Å². The van der Waals surface area contributed by atoms with E-state index in [1.165, 1.54) is 16.7 Å². The molecule has 0 radical (unpaired) electrons. The van der Waals surface area contributed by atoms with Crippen molar-refractivity contribution in [3.63, 3.8) is 0 Å². The minimum Gasteiger partial charge on any atom is -0.490 e. The van der Waals surface area contributed by atoms with Crippen molar-refractivity contribution >= 4 is 0 Å². The van der Waals surface area contributed by atoms with Gasteiger partial charge in [0.05, 0.1) is 6.10 Å². The monoisotopic (exact) mass is 279 g/mol. The molecule has 1 aromatic rings. The summed E-state index contributed by atoms with van der Waals surface area (Å²) in [5.41, 5.74) is 9.71. The zero-order valence-corrected chi connectivity index (χ0v) is 13.5. The summed E-state index contributed by atoms with van der Waals surface area (Å²) in [5, 5.41) is 0. The molecular weight excluding hydrogens is 250 g/mol. The van der Waals surface area contributed by atoms with E-state index in [1.807, 2.05) is 0 Å². The number of aryl methyl sites for hydroxylation is 2. The Morgan fingerprint density at radius 2 is 1.80 bits per heavy atom. The Kier molecular flexibility index (Phi) is 7.03. The van der Waals surface area contributed by atoms with E-state index < -0.39 is 0 Å². The van der Waals surface area contributed by atoms with E-state index in [1.54, 1.807) is 7.11 Å². The highest BCUT2D eigenvalue weighted by molar-refractivity contribution is 5.43. The summed E-state index contributed by atoms with van der Waals surface area (Å²) in [4.78, 5) is 0. The van der Waals surface area contributed by atoms with Crippen LogP contribution in [0.25, 0.3) is 0 Å². The first-order chi connectivity index (χ1) is 9.47. The maximum atomic E-state index is 6.05. The molecule has 0 fully saturated rings. The van der Waals surface area contributed by atoms with Gasteiger partial charge in [-0.25, -0.2) is 0 Å². The van der Waals surface area contributed by atoms with Crippen molar-refractivity contribution in [2.24, 2.45) is 5.73 Å². The van der Waals surface area contributed by atoms with E-state index in [9.17, 15) is 0 Å². The average molecular weight is 279 g/mol. The molecule has 0 aliphatic rings. The van der Waals surface area contributed by atoms with Crippen molar-refractivity contribution in [1.82, 2.24) is 0 Å². The second kappa shape index (κ2) is 8.28. The van der Waals surface area contributed by atoms with Crippen molar-refractivity contribution < 1.29 is 9.47 Å². The number of methoxy groups -OCH3 is 1. The summed E-state index contributed by atoms with van der Waals surface area (Å²) < 4.78 is 11.1. The third-order valence-corrected chi connectivity index (χ3v) is 3.59. The summed E-state index contributed by atoms with van der Waals surface area (Å²) >= 11 is 0. The van der Waals surface area contributed by atoms with Gasteiger partial charge in [-0.1, -0.05) is 19.1 Å². The fourth-order valence-corrected chi connectivity index (χ4v) is 2.33. The molecule has 0 spiro atoms. The van der Waals surface area contributed by atoms with E-state index in [4.69, 9.17) is 15.2 Å². The lowest BCUT2D eigenvalue weighted by molar-refractivity contribution is 0.134. The standard InChI is InChI=1S/C17H29NO2/c1-6-16(18)11-15-9-12(2)17(13(3)10-15)20-14(4)7-8-19-5/h9-10,14,16H,6-8,11,18H2,1-5H3. The molecule has 0 heterocycles. The van der Waals surface area contributed by atoms with Crippen LogP contribution in [0.3, 0.4) is 0 Å². The lowest BCUT2D eigenvalue weighted by Gasteiger charge is -2.19. The fourth-order valence-electron chi connectivity index (χ4n) is 2.33. The van der Waals surface area contributed by atoms with Crippen molar-refractivity contribution in [2.75, 3.05) is 13.7 Å². The van der Waals surface area contributed by atoms with Crippen molar-refractivity contribution in [3.8, 4) is 5.75 Å². The molecule has 0 aliphatic carbocycles. The van der Waals surface area contributed by atoms with Crippen LogP contribution in [0.5, 0.6) is 5.75 Å². The smallest absolute Gasteiger partial charge is 0.125 e. The summed E-state index contributed by atoms with van der Waals surface area (Å²) in [6.45, 7) is 9.14. The first kappa shape index (κ1) is 17.0. The molecule has 0 bridgehead atoms. The Balaban J connectivity index is 2.78. The minimum atomic E-state index is 0.163. The molecule has 0 aliphatic heterocycles. The average Bonchev–Trinajstić information content (AvgIpc) is 2.40. The largest absolute Gasteiger partial charge is 0.490 e. The number of rotatable bonds is 8. The van der Waals surface area contributed by atoms with Crippen LogP contribution in [-0.2, 0) is 11.2 Å². The Morgan fingerprint density at radius 1 is 1.20 bits per heavy atom. The second-order valence-corrected chi connectivity index (χ2v) is 5.64. The van der Waals surface area contributed by atoms with Gasteiger partial charge in [0, 0.05) is 26.2 Å². The predicted molar refractivity (Wildman–Crippen MR) is 84.5 cm³/mol. The first-order valence-electron chi connectivity index (χ1n) is 7.49. The molecule has 0 amide bonds. The third kappa shape index (κ3) is 5.14. The Labute approximate surface area is 123 Å². The molecule has 3 heteroatoms. The van der Waals surface area contributed by atoms with Gasteiger partial charge in [0.15, 0.2) is 0 Å². The summed E-state index contributed by atoms with van der Waals surface area (Å²) in [7, 11) is 1.72. The van der Waals surface area contributed by atoms with Gasteiger partial charge in [-0.2, -0.15) is 0 Å². The van der Waals surface area contributed by atoms with Crippen molar-refractivity contribution in [1.29, 1.82) is 0 Å². The number of nitrogens with two attached hydrogens (primary N) is 1. The van der Waals surface area contributed by atoms with Gasteiger partial charge in [0.2, 0.25) is 0 Å². The summed E-state index contributed by atoms with van der Waals surface area (Å²) in [5.74, 6) is 1.00. The molecule has 0 saturated heterocycles. The molecule has 0 aromatic heterocycles. The molecule has 1 aromatic carbocycles. The quantitative estimate of drug-likeness (QED) is 0.793. The number of hydrogen-bond donors (Lipinski definition) is 1. The third-order valence-electron chi connectivity index (χ3n) is 3.59. The highest BCUT2D eigenvalue weighted by Gasteiger charge is 2.11. The van der Waals surface area contributed by atoms with Crippen molar-refractivity contribution in [2.45, 2.75) is 59.1 Å². The van der Waals surface area contributed by atoms with Crippen LogP contribution in [0.2, 0.25) is 0 Å². The van der Waals surface area contributed by atoms with E-state index in [0.29, 0.717) is 0 Å². The van der Waals surface area contributed by atoms with Gasteiger partial charge in [0.1, 0.15) is 5.75 Å². The molecule has 1 rings (SSSR count). The fraction of sp³-hybridized carbons (Fsp3) is 0.647. The number of ether oxygens (including phenoxy) is 2. The minimum absolute atomic E-state index is 0.163. The maximum Gasteiger partial charge on any atom is 0.125 e. The van der Waals surface area contributed by atoms with Gasteiger partial charge in [0.25, 0.3) is 0 Å². The van der Waals surface area contributed by atoms with Gasteiger partial charge >= 0.3 is 0 Å². The molecule has 114 valence electrons. The van der Waals surface area contributed by atoms with Crippen LogP contribution >= 0.6 is 0 Å². The highest BCUT2D eigenvalue weighted by Crippen LogP contribution is 2.27. The number of benzene rings is 1. The molecule has 2 unspecified atom stereocenters. The topological polar surface area (TPSA) is 44.5 Å². The molecule has 2 atom stereocenters. The maximum absolute atomic E-state index is 6.05. The molecule has 20 heavy (non-hydrogen) atoms. The van der Waals surface area contributed by atoms with E-state index in [2.05, 4.69) is 39.8 Å². The zero-order valence-electron chi connectivity index (χ0n) is 13.5. The molecular formula is C17H29NO2. The van der Waals surface area contributed by atoms with Crippen LogP contribution < -0.4 is 10.5 Å². The summed E-state index contributed by atoms with van der Waals surface area (Å²) in [6, 6.07) is 4.63. The number of hydrogen-bond acceptors (Lipinski definition) is 3. The molecule has 3 nitrogen and oxygen atoms in total. The zero-order chi connectivity index (χ0) is 15.1. The predicted octanol–water partition coefficient (Wildman–Crippen LogP) is 3.39. The van der Waals surface area contributed by atoms with Crippen LogP contribution in [0.15, 0.2) is 12.1 Å². The highest BCUT2D eigenvalue weighted by atomic mass is 16.5. The van der Waals surface area contributed by atoms with Crippen LogP contribution in [0.4, 0.5) is 0 Å². The first-order valence-corrected chi connectivity index (χ1v) is 7.49. The Bertz CT molecular complexity index is 394. The van der Waals surface area contributed by atoms with E-state index in [0.717, 1.165) is 31.6 Å². The van der Waals surface area contributed by atoms with Crippen LogP contribution in [0.1, 0.15) is 43.4 Å². The molecule has 2 N–H and O–H groups in total. The van der Waals surface area contributed by atoms with Crippen LogP contribution in [-0.4, -0.2) is 25.9 Å². The molecule has 0 saturated carbocycles. The lowest BCUT2D eigenvalue weighted by atomic mass is 9.99. The van der Waals surface area contributed by atoms with Gasteiger partial charge < -0.3 is 15.2 Å². The van der Waals surface area contributed by atoms with E-state index >= 15 is 0 Å². The Morgan fingerprint density at radius 3 is 2.30 bits per heavy atom. The second-order valence-electron chi connectivity index (χ2n) is 5.64. The SMILES string of the molecule is CCC(N)Cc1cc(C)c(OC(C)CCOC)c(C)c1.